The number of methoxy groups -OCH3 is 1. The number of nitrogens with one attached hydrogen (secondary N) is 1. The quantitative estimate of drug-likeness (QED) is 0.463. The van der Waals surface area contributed by atoms with Crippen molar-refractivity contribution >= 4 is 23.2 Å². The minimum absolute atomic E-state index is 0.239. The van der Waals surface area contributed by atoms with Crippen molar-refractivity contribution in [2.24, 2.45) is 5.73 Å². The van der Waals surface area contributed by atoms with E-state index >= 15 is 0 Å². The van der Waals surface area contributed by atoms with Crippen LogP contribution in [0.5, 0.6) is 0 Å². The Labute approximate surface area is 204 Å². The van der Waals surface area contributed by atoms with E-state index < -0.39 is 28.9 Å². The number of alkyl halides is 3. The van der Waals surface area contributed by atoms with Crippen molar-refractivity contribution in [3.63, 3.8) is 0 Å². The van der Waals surface area contributed by atoms with Gasteiger partial charge in [0.05, 0.1) is 24.1 Å². The molecule has 0 bridgehead atoms. The van der Waals surface area contributed by atoms with Gasteiger partial charge in [0.15, 0.2) is 17.3 Å². The molecule has 190 valence electrons. The molecule has 1 amide bonds. The molecule has 0 atom stereocenters. The molecule has 3 aromatic heterocycles. The number of hydrogen-bond acceptors (Lipinski definition) is 9. The summed E-state index contributed by atoms with van der Waals surface area (Å²) in [5.74, 6) is -0.765. The SMILES string of the molecule is COCC1(N)CCN(c2cccnc2NC(=O)c2nc(-c3ncccc3C(F)(F)F)cnc2N)CC1. The number of nitrogen functional groups attached to an aromatic ring is 1. The molecule has 4 heterocycles. The van der Waals surface area contributed by atoms with E-state index in [1.165, 1.54) is 12.4 Å². The van der Waals surface area contributed by atoms with Crippen molar-refractivity contribution in [1.29, 1.82) is 0 Å². The molecule has 36 heavy (non-hydrogen) atoms. The maximum atomic E-state index is 13.5. The van der Waals surface area contributed by atoms with Gasteiger partial charge in [-0.05, 0) is 37.1 Å². The smallest absolute Gasteiger partial charge is 0.383 e. The summed E-state index contributed by atoms with van der Waals surface area (Å²) in [5, 5.41) is 2.66. The lowest BCUT2D eigenvalue weighted by Gasteiger charge is -2.40. The normalized spacial score (nSPS) is 15.5. The molecule has 0 aliphatic carbocycles. The Morgan fingerprint density at radius 2 is 1.86 bits per heavy atom. The van der Waals surface area contributed by atoms with Crippen molar-refractivity contribution in [2.75, 3.05) is 42.8 Å². The van der Waals surface area contributed by atoms with Crippen LogP contribution in [0.2, 0.25) is 0 Å². The minimum atomic E-state index is -4.67. The predicted octanol–water partition coefficient (Wildman–Crippen LogP) is 2.73. The highest BCUT2D eigenvalue weighted by atomic mass is 19.4. The molecule has 3 aromatic rings. The van der Waals surface area contributed by atoms with Gasteiger partial charge in [-0.2, -0.15) is 13.2 Å². The van der Waals surface area contributed by atoms with Crippen molar-refractivity contribution in [3.05, 3.63) is 54.1 Å². The van der Waals surface area contributed by atoms with Crippen LogP contribution in [0.4, 0.5) is 30.5 Å². The van der Waals surface area contributed by atoms with E-state index in [1.807, 2.05) is 4.90 Å². The lowest BCUT2D eigenvalue weighted by molar-refractivity contribution is -0.137. The third-order valence-corrected chi connectivity index (χ3v) is 5.92. The minimum Gasteiger partial charge on any atom is -0.383 e. The third kappa shape index (κ3) is 5.36. The highest BCUT2D eigenvalue weighted by molar-refractivity contribution is 6.06. The van der Waals surface area contributed by atoms with Crippen LogP contribution in [0.15, 0.2) is 42.9 Å². The molecular weight excluding hydrogens is 477 g/mol. The molecule has 0 unspecified atom stereocenters. The molecule has 0 saturated carbocycles. The lowest BCUT2D eigenvalue weighted by atomic mass is 9.89. The molecule has 0 radical (unpaired) electrons. The number of carbonyl (C=O) groups is 1. The fourth-order valence-corrected chi connectivity index (χ4v) is 4.06. The zero-order chi connectivity index (χ0) is 25.9. The molecule has 1 aliphatic heterocycles. The molecule has 1 fully saturated rings. The van der Waals surface area contributed by atoms with Crippen LogP contribution in [0.3, 0.4) is 0 Å². The van der Waals surface area contributed by atoms with E-state index in [0.717, 1.165) is 18.3 Å². The Balaban J connectivity index is 1.59. The fourth-order valence-electron chi connectivity index (χ4n) is 4.06. The van der Waals surface area contributed by atoms with Crippen molar-refractivity contribution in [1.82, 2.24) is 19.9 Å². The monoisotopic (exact) mass is 502 g/mol. The van der Waals surface area contributed by atoms with Gasteiger partial charge in [-0.1, -0.05) is 0 Å². The fraction of sp³-hybridized carbons (Fsp3) is 0.348. The zero-order valence-electron chi connectivity index (χ0n) is 19.4. The van der Waals surface area contributed by atoms with E-state index in [1.54, 1.807) is 19.2 Å². The van der Waals surface area contributed by atoms with Gasteiger partial charge in [-0.15, -0.1) is 0 Å². The Morgan fingerprint density at radius 3 is 2.56 bits per heavy atom. The van der Waals surface area contributed by atoms with Crippen LogP contribution in [-0.2, 0) is 10.9 Å². The molecule has 1 aliphatic rings. The van der Waals surface area contributed by atoms with Crippen molar-refractivity contribution < 1.29 is 22.7 Å². The third-order valence-electron chi connectivity index (χ3n) is 5.92. The highest BCUT2D eigenvalue weighted by Gasteiger charge is 2.35. The number of pyridine rings is 2. The Morgan fingerprint density at radius 1 is 1.17 bits per heavy atom. The maximum absolute atomic E-state index is 13.5. The molecular formula is C23H25F3N8O2. The van der Waals surface area contributed by atoms with Gasteiger partial charge in [0.1, 0.15) is 11.4 Å². The van der Waals surface area contributed by atoms with Gasteiger partial charge < -0.3 is 26.4 Å². The average molecular weight is 503 g/mol. The van der Waals surface area contributed by atoms with E-state index in [4.69, 9.17) is 16.2 Å². The summed E-state index contributed by atoms with van der Waals surface area (Å²) in [5.41, 5.74) is 10.4. The molecule has 10 nitrogen and oxygen atoms in total. The number of ether oxygens (including phenoxy) is 1. The summed E-state index contributed by atoms with van der Waals surface area (Å²) in [6.45, 7) is 1.68. The van der Waals surface area contributed by atoms with Gasteiger partial charge in [0.25, 0.3) is 5.91 Å². The molecule has 4 rings (SSSR count). The molecule has 0 spiro atoms. The second-order valence-corrected chi connectivity index (χ2v) is 8.49. The Kier molecular flexibility index (Phi) is 7.04. The first-order chi connectivity index (χ1) is 17.1. The summed E-state index contributed by atoms with van der Waals surface area (Å²) in [6, 6.07) is 5.58. The van der Waals surface area contributed by atoms with E-state index in [2.05, 4.69) is 25.3 Å². The number of halogens is 3. The molecule has 1 saturated heterocycles. The van der Waals surface area contributed by atoms with E-state index in [0.29, 0.717) is 38.2 Å². The van der Waals surface area contributed by atoms with Gasteiger partial charge >= 0.3 is 6.18 Å². The standard InChI is InChI=1S/C23H25F3N8O2/c1-36-13-22(28)6-10-34(11-7-22)16-5-3-9-30-20(16)33-21(35)18-19(27)31-12-15(32-18)17-14(23(24,25)26)4-2-8-29-17/h2-5,8-9,12H,6-7,10-11,13,28H2,1H3,(H2,27,31)(H,30,33,35). The molecule has 13 heteroatoms. The van der Waals surface area contributed by atoms with Crippen molar-refractivity contribution in [2.45, 2.75) is 24.6 Å². The first kappa shape index (κ1) is 25.3. The highest BCUT2D eigenvalue weighted by Crippen LogP contribution is 2.35. The summed E-state index contributed by atoms with van der Waals surface area (Å²) in [7, 11) is 1.61. The van der Waals surface area contributed by atoms with Gasteiger partial charge in [-0.25, -0.2) is 15.0 Å². The van der Waals surface area contributed by atoms with Gasteiger partial charge in [0.2, 0.25) is 0 Å². The van der Waals surface area contributed by atoms with Crippen LogP contribution in [0.1, 0.15) is 28.9 Å². The zero-order valence-corrected chi connectivity index (χ0v) is 19.4. The van der Waals surface area contributed by atoms with E-state index in [-0.39, 0.29) is 23.0 Å². The Hall–Kier alpha value is -3.84. The van der Waals surface area contributed by atoms with Gasteiger partial charge in [0, 0.05) is 38.1 Å². The second kappa shape index (κ2) is 10.0. The predicted molar refractivity (Wildman–Crippen MR) is 127 cm³/mol. The summed E-state index contributed by atoms with van der Waals surface area (Å²) in [4.78, 5) is 31.1. The molecule has 5 N–H and O–H groups in total. The average Bonchev–Trinajstić information content (AvgIpc) is 2.85. The van der Waals surface area contributed by atoms with Crippen LogP contribution < -0.4 is 21.7 Å². The maximum Gasteiger partial charge on any atom is 0.418 e. The van der Waals surface area contributed by atoms with E-state index in [9.17, 15) is 18.0 Å². The number of rotatable bonds is 6. The second-order valence-electron chi connectivity index (χ2n) is 8.49. The lowest BCUT2D eigenvalue weighted by Crippen LogP contribution is -2.53. The first-order valence-corrected chi connectivity index (χ1v) is 11.1. The topological polar surface area (TPSA) is 145 Å². The number of amides is 1. The Bertz CT molecular complexity index is 1250. The number of carbonyl (C=O) groups excluding carboxylic acids is 1. The molecule has 0 aromatic carbocycles. The number of nitrogens with zero attached hydrogens (tertiary/aromatic N) is 5. The van der Waals surface area contributed by atoms with Gasteiger partial charge in [-0.3, -0.25) is 9.78 Å². The first-order valence-electron chi connectivity index (χ1n) is 11.1. The number of piperidine rings is 1. The number of nitrogens with two attached hydrogens (primary N) is 2. The number of aromatic nitrogens is 4. The van der Waals surface area contributed by atoms with Crippen LogP contribution in [0, 0.1) is 0 Å². The summed E-state index contributed by atoms with van der Waals surface area (Å²) >= 11 is 0. The van der Waals surface area contributed by atoms with Crippen molar-refractivity contribution in [3.8, 4) is 11.4 Å². The van der Waals surface area contributed by atoms with Crippen LogP contribution >= 0.6 is 0 Å². The summed E-state index contributed by atoms with van der Waals surface area (Å²) in [6.07, 6.45) is 0.434. The summed E-state index contributed by atoms with van der Waals surface area (Å²) < 4.78 is 45.6. The number of anilines is 3. The van der Waals surface area contributed by atoms with Crippen LogP contribution in [-0.4, -0.2) is 58.2 Å². The van der Waals surface area contributed by atoms with Crippen LogP contribution in [0.25, 0.3) is 11.4 Å². The largest absolute Gasteiger partial charge is 0.418 e. The number of hydrogen-bond donors (Lipinski definition) is 3.